The topological polar surface area (TPSA) is 171 Å². The van der Waals surface area contributed by atoms with Gasteiger partial charge in [0.2, 0.25) is 17.6 Å². The number of carbonyl (C=O) groups is 5. The lowest BCUT2D eigenvalue weighted by atomic mass is 9.78. The molecule has 16 heteroatoms. The van der Waals surface area contributed by atoms with E-state index in [1.165, 1.54) is 11.0 Å². The predicted molar refractivity (Wildman–Crippen MR) is 184 cm³/mol. The van der Waals surface area contributed by atoms with Gasteiger partial charge in [-0.3, -0.25) is 19.2 Å². The first kappa shape index (κ1) is 40.6. The number of urea groups is 1. The number of ketones is 1. The summed E-state index contributed by atoms with van der Waals surface area (Å²) in [6.45, 7) is 14.4. The molecule has 2 aliphatic carbocycles. The molecule has 0 aromatic rings. The van der Waals surface area contributed by atoms with Crippen molar-refractivity contribution in [2.24, 2.45) is 22.2 Å². The number of Topliss-reactive ketones (excluding diaryl/α,β-unsaturated/α-hetero) is 1. The van der Waals surface area contributed by atoms with Crippen molar-refractivity contribution in [3.05, 3.63) is 12.7 Å². The Morgan fingerprint density at radius 3 is 2.14 bits per heavy atom. The van der Waals surface area contributed by atoms with E-state index in [1.54, 1.807) is 20.8 Å². The van der Waals surface area contributed by atoms with Gasteiger partial charge in [0.1, 0.15) is 12.1 Å². The van der Waals surface area contributed by atoms with E-state index in [4.69, 9.17) is 0 Å². The monoisotopic (exact) mass is 745 g/mol. The van der Waals surface area contributed by atoms with Gasteiger partial charge in [-0.25, -0.2) is 13.2 Å². The summed E-state index contributed by atoms with van der Waals surface area (Å²) in [7, 11) is -3.43. The summed E-state index contributed by atoms with van der Waals surface area (Å²) in [4.78, 5) is 69.2. The quantitative estimate of drug-likeness (QED) is 0.175. The zero-order chi connectivity index (χ0) is 38.4. The van der Waals surface area contributed by atoms with Gasteiger partial charge in [0, 0.05) is 25.4 Å². The van der Waals surface area contributed by atoms with Crippen LogP contribution in [0.3, 0.4) is 0 Å². The van der Waals surface area contributed by atoms with E-state index in [2.05, 4.69) is 27.8 Å². The molecule has 5 unspecified atom stereocenters. The van der Waals surface area contributed by atoms with Crippen molar-refractivity contribution in [2.45, 2.75) is 134 Å². The van der Waals surface area contributed by atoms with Crippen LogP contribution in [0, 0.1) is 22.2 Å². The summed E-state index contributed by atoms with van der Waals surface area (Å²) >= 11 is 0. The average molecular weight is 746 g/mol. The molecular weight excluding hydrogens is 691 g/mol. The second kappa shape index (κ2) is 14.3. The number of hydrogen-bond acceptors (Lipinski definition) is 7. The van der Waals surface area contributed by atoms with Crippen LogP contribution in [-0.2, 0) is 29.0 Å². The molecule has 4 fully saturated rings. The molecule has 2 aliphatic heterocycles. The highest BCUT2D eigenvalue weighted by Gasteiger charge is 2.77. The number of nitrogens with zero attached hydrogens (tertiary/aromatic N) is 1. The van der Waals surface area contributed by atoms with Gasteiger partial charge in [-0.1, -0.05) is 66.9 Å². The van der Waals surface area contributed by atoms with Gasteiger partial charge in [0.05, 0.1) is 22.6 Å². The first-order valence-corrected chi connectivity index (χ1v) is 19.5. The standard InChI is InChI=1S/C35H54F3N5O7S/c1-8-18-39-28(46)24(44)21(14-17-35(36,37)38)40-27(45)23-25-32(5,6)33(25,7)20-43(23)29(47)26(31(2,3)4)41-30(48)42-34(15-10-9-11-16-34)22-13-12-19-51(22,49)50/h8,21-23,25-26H,1,9-20H2,2-7H3,(H,39,46)(H,40,45)(H2,41,42,48)/t21?,22?,23?,25?,26-,33?/m1/s1. The number of likely N-dealkylation sites (tertiary alicyclic amines) is 1. The largest absolute Gasteiger partial charge is 0.389 e. The second-order valence-corrected chi connectivity index (χ2v) is 19.0. The van der Waals surface area contributed by atoms with Gasteiger partial charge in [-0.2, -0.15) is 13.2 Å². The van der Waals surface area contributed by atoms with E-state index in [-0.39, 0.29) is 18.8 Å². The van der Waals surface area contributed by atoms with Gasteiger partial charge in [0.25, 0.3) is 5.91 Å². The van der Waals surface area contributed by atoms with E-state index < -0.39 is 109 Å². The predicted octanol–water partition coefficient (Wildman–Crippen LogP) is 3.55. The maximum absolute atomic E-state index is 14.5. The molecule has 2 saturated carbocycles. The number of hydrogen-bond donors (Lipinski definition) is 4. The van der Waals surface area contributed by atoms with Crippen molar-refractivity contribution in [2.75, 3.05) is 18.8 Å². The normalized spacial score (nSPS) is 28.8. The van der Waals surface area contributed by atoms with Crippen LogP contribution in [0.2, 0.25) is 0 Å². The summed E-state index contributed by atoms with van der Waals surface area (Å²) < 4.78 is 65.9. The third-order valence-corrected chi connectivity index (χ3v) is 14.4. The van der Waals surface area contributed by atoms with Crippen molar-refractivity contribution in [3.63, 3.8) is 0 Å². The molecule has 2 heterocycles. The van der Waals surface area contributed by atoms with E-state index in [0.717, 1.165) is 19.3 Å². The summed E-state index contributed by atoms with van der Waals surface area (Å²) in [5.41, 5.74) is -2.90. The van der Waals surface area contributed by atoms with Crippen LogP contribution < -0.4 is 21.3 Å². The Labute approximate surface area is 298 Å². The Morgan fingerprint density at radius 2 is 1.61 bits per heavy atom. The molecule has 12 nitrogen and oxygen atoms in total. The van der Waals surface area contributed by atoms with Crippen LogP contribution in [0.4, 0.5) is 18.0 Å². The number of rotatable bonds is 12. The molecule has 51 heavy (non-hydrogen) atoms. The molecule has 0 spiro atoms. The third kappa shape index (κ3) is 8.25. The molecule has 0 bridgehead atoms. The molecule has 0 aromatic carbocycles. The minimum atomic E-state index is -4.67. The summed E-state index contributed by atoms with van der Waals surface area (Å²) in [5.74, 6) is -4.28. The summed E-state index contributed by atoms with van der Waals surface area (Å²) in [6, 6.07) is -4.91. The number of sulfone groups is 1. The van der Waals surface area contributed by atoms with Crippen LogP contribution >= 0.6 is 0 Å². The molecule has 6 atom stereocenters. The number of carbonyl (C=O) groups excluding carboxylic acids is 5. The highest BCUT2D eigenvalue weighted by molar-refractivity contribution is 7.92. The fourth-order valence-corrected chi connectivity index (χ4v) is 11.2. The van der Waals surface area contributed by atoms with Crippen LogP contribution in [-0.4, -0.2) is 96.8 Å². The highest BCUT2D eigenvalue weighted by atomic mass is 32.2. The number of fused-ring (bicyclic) bond motifs is 1. The highest BCUT2D eigenvalue weighted by Crippen LogP contribution is 2.74. The van der Waals surface area contributed by atoms with E-state index in [0.29, 0.717) is 25.7 Å². The zero-order valence-electron chi connectivity index (χ0n) is 30.5. The lowest BCUT2D eigenvalue weighted by Gasteiger charge is -2.43. The van der Waals surface area contributed by atoms with Gasteiger partial charge >= 0.3 is 12.2 Å². The van der Waals surface area contributed by atoms with Gasteiger partial charge < -0.3 is 26.2 Å². The van der Waals surface area contributed by atoms with Crippen molar-refractivity contribution in [1.29, 1.82) is 0 Å². The van der Waals surface area contributed by atoms with Crippen LogP contribution in [0.5, 0.6) is 0 Å². The van der Waals surface area contributed by atoms with Crippen molar-refractivity contribution < 1.29 is 45.6 Å². The molecule has 4 rings (SSSR count). The lowest BCUT2D eigenvalue weighted by molar-refractivity contribution is -0.148. The number of halogens is 3. The number of alkyl halides is 3. The van der Waals surface area contributed by atoms with E-state index in [1.807, 2.05) is 20.8 Å². The van der Waals surface area contributed by atoms with Crippen LogP contribution in [0.15, 0.2) is 12.7 Å². The van der Waals surface area contributed by atoms with Crippen molar-refractivity contribution >= 4 is 39.4 Å². The van der Waals surface area contributed by atoms with Crippen LogP contribution in [0.1, 0.15) is 99.3 Å². The molecule has 4 N–H and O–H groups in total. The molecule has 2 saturated heterocycles. The number of nitrogens with one attached hydrogen (secondary N) is 4. The van der Waals surface area contributed by atoms with Gasteiger partial charge in [0.15, 0.2) is 9.84 Å². The number of piperidine rings is 1. The Kier molecular flexibility index (Phi) is 11.4. The summed E-state index contributed by atoms with van der Waals surface area (Å²) in [6.07, 6.45) is -1.37. The molecule has 5 amide bonds. The Balaban J connectivity index is 1.60. The zero-order valence-corrected chi connectivity index (χ0v) is 31.3. The van der Waals surface area contributed by atoms with Gasteiger partial charge in [-0.15, -0.1) is 6.58 Å². The molecule has 0 aromatic heterocycles. The smallest absolute Gasteiger partial charge is 0.346 e. The Hall–Kier alpha value is -3.17. The molecule has 0 radical (unpaired) electrons. The molecular formula is C35H54F3N5O7S. The first-order valence-electron chi connectivity index (χ1n) is 17.8. The average Bonchev–Trinajstić information content (AvgIpc) is 3.32. The molecule has 288 valence electrons. The fraction of sp³-hybridized carbons (Fsp3) is 0.800. The van der Waals surface area contributed by atoms with Gasteiger partial charge in [-0.05, 0) is 48.3 Å². The maximum atomic E-state index is 14.5. The Bertz CT molecular complexity index is 1520. The minimum absolute atomic E-state index is 0.0582. The maximum Gasteiger partial charge on any atom is 0.389 e. The van der Waals surface area contributed by atoms with E-state index in [9.17, 15) is 45.6 Å². The molecule has 4 aliphatic rings. The fourth-order valence-electron chi connectivity index (χ4n) is 8.88. The van der Waals surface area contributed by atoms with Crippen molar-refractivity contribution in [1.82, 2.24) is 26.2 Å². The van der Waals surface area contributed by atoms with E-state index >= 15 is 0 Å². The van der Waals surface area contributed by atoms with Crippen molar-refractivity contribution in [3.8, 4) is 0 Å². The Morgan fingerprint density at radius 1 is 0.980 bits per heavy atom. The number of amides is 5. The SMILES string of the molecule is C=CCNC(=O)C(=O)C(CCC(F)(F)F)NC(=O)C1C2C(C)(C)C2(C)CN1C(=O)[C@@H](NC(=O)NC1(C2CCCS2(=O)=O)CCCCC1)C(C)(C)C. The second-order valence-electron chi connectivity index (χ2n) is 16.7. The first-order chi connectivity index (χ1) is 23.4. The lowest BCUT2D eigenvalue weighted by Crippen LogP contribution is -2.65. The van der Waals surface area contributed by atoms with Crippen LogP contribution in [0.25, 0.3) is 0 Å². The minimum Gasteiger partial charge on any atom is -0.346 e. The third-order valence-electron chi connectivity index (χ3n) is 12.0. The summed E-state index contributed by atoms with van der Waals surface area (Å²) in [5, 5.41) is 9.67.